The Morgan fingerprint density at radius 3 is 2.24 bits per heavy atom. The largest absolute Gasteiger partial charge is 0.489 e. The van der Waals surface area contributed by atoms with E-state index in [1.165, 1.54) is 25.0 Å². The Bertz CT molecular complexity index is 1990. The van der Waals surface area contributed by atoms with Gasteiger partial charge >= 0.3 is 6.18 Å². The number of halogens is 3. The summed E-state index contributed by atoms with van der Waals surface area (Å²) in [7, 11) is 0. The second-order valence-electron chi connectivity index (χ2n) is 13.2. The monoisotopic (exact) mass is 693 g/mol. The summed E-state index contributed by atoms with van der Waals surface area (Å²) < 4.78 is 48.5. The first-order valence-corrected chi connectivity index (χ1v) is 17.2. The summed E-state index contributed by atoms with van der Waals surface area (Å²) in [6, 6.07) is 31.7. The van der Waals surface area contributed by atoms with Gasteiger partial charge in [0, 0.05) is 23.9 Å². The van der Waals surface area contributed by atoms with Gasteiger partial charge in [-0.25, -0.2) is 4.68 Å². The van der Waals surface area contributed by atoms with Gasteiger partial charge < -0.3 is 20.7 Å². The molecule has 1 atom stereocenters. The molecule has 8 nitrogen and oxygen atoms in total. The van der Waals surface area contributed by atoms with Crippen molar-refractivity contribution in [1.29, 1.82) is 0 Å². The molecule has 2 saturated carbocycles. The van der Waals surface area contributed by atoms with Crippen molar-refractivity contribution in [2.75, 3.05) is 18.4 Å². The molecule has 11 heteroatoms. The maximum atomic E-state index is 13.9. The van der Waals surface area contributed by atoms with E-state index < -0.39 is 17.8 Å². The van der Waals surface area contributed by atoms with Crippen molar-refractivity contribution < 1.29 is 27.5 Å². The summed E-state index contributed by atoms with van der Waals surface area (Å²) in [4.78, 5) is 26.4. The third-order valence-corrected chi connectivity index (χ3v) is 9.08. The minimum absolute atomic E-state index is 0.156. The van der Waals surface area contributed by atoms with E-state index in [-0.39, 0.29) is 28.9 Å². The molecular weight excluding hydrogens is 655 g/mol. The summed E-state index contributed by atoms with van der Waals surface area (Å²) in [6.45, 7) is 1.82. The summed E-state index contributed by atoms with van der Waals surface area (Å²) in [5.41, 5.74) is 2.24. The van der Waals surface area contributed by atoms with Gasteiger partial charge in [0.1, 0.15) is 18.1 Å². The van der Waals surface area contributed by atoms with Crippen molar-refractivity contribution in [3.63, 3.8) is 0 Å². The van der Waals surface area contributed by atoms with Crippen molar-refractivity contribution in [3.05, 3.63) is 143 Å². The number of nitrogens with zero attached hydrogens (tertiary/aromatic N) is 2. The Kier molecular flexibility index (Phi) is 9.90. The smallest absolute Gasteiger partial charge is 0.435 e. The van der Waals surface area contributed by atoms with Crippen LogP contribution in [0.25, 0.3) is 5.69 Å². The van der Waals surface area contributed by atoms with Crippen molar-refractivity contribution in [3.8, 4) is 11.4 Å². The third-order valence-electron chi connectivity index (χ3n) is 9.08. The Hall–Kier alpha value is -5.42. The van der Waals surface area contributed by atoms with Crippen LogP contribution in [0.4, 0.5) is 18.9 Å². The van der Waals surface area contributed by atoms with Crippen LogP contribution in [0.5, 0.6) is 5.75 Å². The highest BCUT2D eigenvalue weighted by molar-refractivity contribution is 6.03. The average Bonchev–Trinajstić information content (AvgIpc) is 4.09. The Morgan fingerprint density at radius 1 is 0.784 bits per heavy atom. The van der Waals surface area contributed by atoms with Crippen LogP contribution < -0.4 is 20.7 Å². The zero-order chi connectivity index (χ0) is 35.4. The Morgan fingerprint density at radius 2 is 1.51 bits per heavy atom. The summed E-state index contributed by atoms with van der Waals surface area (Å²) in [5.74, 6) is 0.689. The van der Waals surface area contributed by atoms with Gasteiger partial charge in [-0.2, -0.15) is 18.3 Å². The average molecular weight is 694 g/mol. The molecule has 2 fully saturated rings. The lowest BCUT2D eigenvalue weighted by Crippen LogP contribution is -2.25. The van der Waals surface area contributed by atoms with Crippen molar-refractivity contribution in [2.45, 2.75) is 44.5 Å². The molecule has 262 valence electrons. The Labute approximate surface area is 294 Å². The second kappa shape index (κ2) is 14.8. The fourth-order valence-corrected chi connectivity index (χ4v) is 5.84. The van der Waals surface area contributed by atoms with E-state index >= 15 is 0 Å². The van der Waals surface area contributed by atoms with Crippen LogP contribution in [0.2, 0.25) is 0 Å². The summed E-state index contributed by atoms with van der Waals surface area (Å²) in [6.07, 6.45) is -0.328. The summed E-state index contributed by atoms with van der Waals surface area (Å²) >= 11 is 0. The van der Waals surface area contributed by atoms with Crippen LogP contribution in [0.1, 0.15) is 75.0 Å². The molecule has 2 amide bonds. The van der Waals surface area contributed by atoms with E-state index in [1.54, 1.807) is 24.3 Å². The number of aromatic nitrogens is 2. The van der Waals surface area contributed by atoms with E-state index in [0.717, 1.165) is 52.6 Å². The maximum Gasteiger partial charge on any atom is 0.435 e. The van der Waals surface area contributed by atoms with Crippen LogP contribution in [-0.2, 0) is 12.8 Å². The molecule has 5 aromatic rings. The molecule has 51 heavy (non-hydrogen) atoms. The lowest BCUT2D eigenvalue weighted by atomic mass is 9.97. The first-order valence-electron chi connectivity index (χ1n) is 17.2. The third kappa shape index (κ3) is 8.85. The second-order valence-corrected chi connectivity index (χ2v) is 13.2. The summed E-state index contributed by atoms with van der Waals surface area (Å²) in [5, 5.41) is 13.0. The van der Waals surface area contributed by atoms with Crippen LogP contribution in [0.3, 0.4) is 0 Å². The number of carbonyl (C=O) groups excluding carboxylic acids is 2. The van der Waals surface area contributed by atoms with Crippen LogP contribution in [0, 0.1) is 11.8 Å². The molecule has 7 rings (SSSR count). The number of amides is 2. The molecule has 4 aromatic carbocycles. The van der Waals surface area contributed by atoms with E-state index in [4.69, 9.17) is 4.74 Å². The van der Waals surface area contributed by atoms with Gasteiger partial charge in [0.2, 0.25) is 0 Å². The molecule has 1 aromatic heterocycles. The molecular formula is C40H38F3N5O3. The zero-order valence-corrected chi connectivity index (χ0v) is 27.8. The quantitative estimate of drug-likeness (QED) is 0.110. The van der Waals surface area contributed by atoms with Crippen LogP contribution in [0.15, 0.2) is 109 Å². The minimum atomic E-state index is -4.79. The van der Waals surface area contributed by atoms with Gasteiger partial charge in [0.25, 0.3) is 11.8 Å². The number of nitrogens with one attached hydrogen (secondary N) is 3. The first-order chi connectivity index (χ1) is 24.7. The van der Waals surface area contributed by atoms with Crippen molar-refractivity contribution in [2.24, 2.45) is 11.8 Å². The molecule has 0 radical (unpaired) electrons. The molecule has 0 bridgehead atoms. The maximum absolute atomic E-state index is 13.9. The van der Waals surface area contributed by atoms with E-state index in [1.807, 2.05) is 66.7 Å². The number of hydrogen-bond acceptors (Lipinski definition) is 5. The molecule has 2 aliphatic carbocycles. The number of rotatable bonds is 14. The molecule has 1 heterocycles. The molecule has 0 saturated heterocycles. The van der Waals surface area contributed by atoms with Crippen molar-refractivity contribution in [1.82, 2.24) is 20.4 Å². The standard InChI is InChI=1S/C40H38F3N5O3/c41-40(42,43)36-22-35(48(47-36)33-11-5-9-31(21-33)38(49)45-24-27-14-15-27)39(50)46-32-10-4-8-30(20-32)37(44-23-26-12-13-26)29-16-18-34(19-17-29)51-25-28-6-2-1-3-7-28/h1-11,16-22,26-27,37,44H,12-15,23-25H2,(H,45,49)(H,46,50). The van der Waals surface area contributed by atoms with Gasteiger partial charge in [-0.05, 0) is 103 Å². The number of carbonyl (C=O) groups is 2. The number of benzene rings is 4. The zero-order valence-electron chi connectivity index (χ0n) is 27.8. The first kappa shape index (κ1) is 34.0. The molecule has 3 N–H and O–H groups in total. The van der Waals surface area contributed by atoms with Gasteiger partial charge in [-0.1, -0.05) is 60.7 Å². The minimum Gasteiger partial charge on any atom is -0.489 e. The Balaban J connectivity index is 1.11. The topological polar surface area (TPSA) is 97.3 Å². The number of hydrogen-bond donors (Lipinski definition) is 3. The number of alkyl halides is 3. The lowest BCUT2D eigenvalue weighted by Gasteiger charge is -2.21. The molecule has 0 aliphatic heterocycles. The number of ether oxygens (including phenoxy) is 1. The normalized spacial score (nSPS) is 14.9. The SMILES string of the molecule is O=C(NCC1CC1)c1cccc(-n2nc(C(F)(F)F)cc2C(=O)Nc2cccc(C(NCC3CC3)c3ccc(OCc4ccccc4)cc3)c2)c1. The predicted molar refractivity (Wildman–Crippen MR) is 188 cm³/mol. The van der Waals surface area contributed by atoms with E-state index in [0.29, 0.717) is 30.7 Å². The molecule has 0 spiro atoms. The van der Waals surface area contributed by atoms with Crippen LogP contribution >= 0.6 is 0 Å². The predicted octanol–water partition coefficient (Wildman–Crippen LogP) is 7.95. The molecule has 1 unspecified atom stereocenters. The highest BCUT2D eigenvalue weighted by Crippen LogP contribution is 2.33. The van der Waals surface area contributed by atoms with E-state index in [9.17, 15) is 22.8 Å². The highest BCUT2D eigenvalue weighted by atomic mass is 19.4. The van der Waals surface area contributed by atoms with Gasteiger partial charge in [0.05, 0.1) is 11.7 Å². The fraction of sp³-hybridized carbons (Fsp3) is 0.275. The molecule has 2 aliphatic rings. The van der Waals surface area contributed by atoms with Crippen molar-refractivity contribution >= 4 is 17.5 Å². The van der Waals surface area contributed by atoms with Gasteiger partial charge in [0.15, 0.2) is 5.69 Å². The lowest BCUT2D eigenvalue weighted by molar-refractivity contribution is -0.141. The van der Waals surface area contributed by atoms with E-state index in [2.05, 4.69) is 21.0 Å². The van der Waals surface area contributed by atoms with Gasteiger partial charge in [-0.3, -0.25) is 9.59 Å². The number of anilines is 1. The van der Waals surface area contributed by atoms with Gasteiger partial charge in [-0.15, -0.1) is 0 Å². The fourth-order valence-electron chi connectivity index (χ4n) is 5.84. The highest BCUT2D eigenvalue weighted by Gasteiger charge is 2.36. The van der Waals surface area contributed by atoms with Crippen LogP contribution in [-0.4, -0.2) is 34.7 Å².